The zero-order valence-electron chi connectivity index (χ0n) is 27.5. The molecule has 0 radical (unpaired) electrons. The van der Waals surface area contributed by atoms with Gasteiger partial charge in [-0.3, -0.25) is 9.13 Å². The highest BCUT2D eigenvalue weighted by Gasteiger charge is 2.20. The first-order valence-electron chi connectivity index (χ1n) is 17.3. The predicted molar refractivity (Wildman–Crippen MR) is 210 cm³/mol. The third kappa shape index (κ3) is 4.03. The predicted octanol–water partition coefficient (Wildman–Crippen LogP) is 11.4. The average Bonchev–Trinajstić information content (AvgIpc) is 3.84. The van der Waals surface area contributed by atoms with E-state index in [4.69, 9.17) is 9.97 Å². The lowest BCUT2D eigenvalue weighted by atomic mass is 10.1. The van der Waals surface area contributed by atoms with E-state index >= 15 is 0 Å². The molecule has 5 nitrogen and oxygen atoms in total. The zero-order chi connectivity index (χ0) is 33.5. The molecule has 0 bridgehead atoms. The van der Waals surface area contributed by atoms with E-state index in [1.807, 2.05) is 0 Å². The maximum Gasteiger partial charge on any atom is 0.138 e. The Kier molecular flexibility index (Phi) is 5.89. The van der Waals surface area contributed by atoms with Crippen LogP contribution in [0, 0.1) is 0 Å². The fourth-order valence-corrected chi connectivity index (χ4v) is 8.17. The molecule has 0 amide bonds. The van der Waals surface area contributed by atoms with Gasteiger partial charge in [0.05, 0.1) is 50.2 Å². The molecule has 0 atom stereocenters. The molecule has 11 rings (SSSR count). The summed E-state index contributed by atoms with van der Waals surface area (Å²) in [6.07, 6.45) is 0. The third-order valence-electron chi connectivity index (χ3n) is 10.3. The van der Waals surface area contributed by atoms with Gasteiger partial charge in [0.25, 0.3) is 0 Å². The standard InChI is InChI=1S/C46H29N5/c1-6-21-37-30(14-1)31-15-2-7-22-38(31)49(37)42-26-13-27-43-46(42)34-18-5-10-25-41(34)51(43)45-29-12-20-36(48-45)35-19-11-28-44(47-35)50-39-23-8-3-16-32(39)33-17-4-9-24-40(33)50/h1-29H. The molecule has 0 N–H and O–H groups in total. The third-order valence-corrected chi connectivity index (χ3v) is 10.3. The van der Waals surface area contributed by atoms with Gasteiger partial charge in [0, 0.05) is 32.3 Å². The number of hydrogen-bond acceptors (Lipinski definition) is 2. The molecule has 0 spiro atoms. The highest BCUT2D eigenvalue weighted by atomic mass is 15.1. The van der Waals surface area contributed by atoms with Crippen molar-refractivity contribution in [2.24, 2.45) is 0 Å². The number of para-hydroxylation sites is 5. The topological polar surface area (TPSA) is 40.6 Å². The molecule has 5 aromatic heterocycles. The van der Waals surface area contributed by atoms with Gasteiger partial charge in [-0.15, -0.1) is 0 Å². The molecular formula is C46H29N5. The van der Waals surface area contributed by atoms with Gasteiger partial charge in [-0.25, -0.2) is 9.97 Å². The molecule has 11 aromatic rings. The van der Waals surface area contributed by atoms with E-state index in [1.165, 1.54) is 43.4 Å². The van der Waals surface area contributed by atoms with Gasteiger partial charge in [-0.2, -0.15) is 0 Å². The Morgan fingerprint density at radius 2 is 0.627 bits per heavy atom. The van der Waals surface area contributed by atoms with Crippen LogP contribution < -0.4 is 0 Å². The molecule has 0 saturated carbocycles. The number of nitrogens with zero attached hydrogens (tertiary/aromatic N) is 5. The largest absolute Gasteiger partial charge is 0.309 e. The molecule has 0 aliphatic rings. The monoisotopic (exact) mass is 651 g/mol. The van der Waals surface area contributed by atoms with Crippen molar-refractivity contribution >= 4 is 65.4 Å². The molecule has 238 valence electrons. The van der Waals surface area contributed by atoms with Crippen LogP contribution >= 0.6 is 0 Å². The van der Waals surface area contributed by atoms with Crippen LogP contribution in [0.5, 0.6) is 0 Å². The van der Waals surface area contributed by atoms with Gasteiger partial charge in [0.15, 0.2) is 0 Å². The number of hydrogen-bond donors (Lipinski definition) is 0. The lowest BCUT2D eigenvalue weighted by molar-refractivity contribution is 1.05. The van der Waals surface area contributed by atoms with Crippen molar-refractivity contribution in [3.8, 4) is 28.7 Å². The molecule has 0 aliphatic carbocycles. The van der Waals surface area contributed by atoms with E-state index in [0.717, 1.165) is 50.8 Å². The van der Waals surface area contributed by atoms with Crippen molar-refractivity contribution in [3.05, 3.63) is 176 Å². The quantitative estimate of drug-likeness (QED) is 0.190. The maximum absolute atomic E-state index is 5.31. The summed E-state index contributed by atoms with van der Waals surface area (Å²) < 4.78 is 6.96. The number of benzene rings is 6. The van der Waals surface area contributed by atoms with Gasteiger partial charge in [-0.05, 0) is 66.7 Å². The first kappa shape index (κ1) is 27.9. The first-order valence-corrected chi connectivity index (χ1v) is 17.3. The van der Waals surface area contributed by atoms with Crippen LogP contribution in [-0.2, 0) is 0 Å². The summed E-state index contributed by atoms with van der Waals surface area (Å²) in [6.45, 7) is 0. The smallest absolute Gasteiger partial charge is 0.138 e. The summed E-state index contributed by atoms with van der Waals surface area (Å²) in [6, 6.07) is 62.2. The van der Waals surface area contributed by atoms with Crippen molar-refractivity contribution in [3.63, 3.8) is 0 Å². The zero-order valence-corrected chi connectivity index (χ0v) is 27.5. The number of pyridine rings is 2. The Morgan fingerprint density at radius 1 is 0.275 bits per heavy atom. The minimum absolute atomic E-state index is 0.819. The van der Waals surface area contributed by atoms with Crippen molar-refractivity contribution in [1.82, 2.24) is 23.7 Å². The average molecular weight is 652 g/mol. The molecular weight excluding hydrogens is 623 g/mol. The maximum atomic E-state index is 5.31. The van der Waals surface area contributed by atoms with Crippen molar-refractivity contribution in [2.75, 3.05) is 0 Å². The summed E-state index contributed by atoms with van der Waals surface area (Å²) in [5.41, 5.74) is 9.65. The van der Waals surface area contributed by atoms with Crippen molar-refractivity contribution in [1.29, 1.82) is 0 Å². The Labute approximate surface area is 292 Å². The van der Waals surface area contributed by atoms with Gasteiger partial charge >= 0.3 is 0 Å². The van der Waals surface area contributed by atoms with E-state index < -0.39 is 0 Å². The minimum atomic E-state index is 0.819. The summed E-state index contributed by atoms with van der Waals surface area (Å²) in [4.78, 5) is 10.5. The normalized spacial score (nSPS) is 11.9. The molecule has 0 unspecified atom stereocenters. The highest BCUT2D eigenvalue weighted by Crippen LogP contribution is 2.40. The van der Waals surface area contributed by atoms with Crippen LogP contribution in [0.2, 0.25) is 0 Å². The first-order chi connectivity index (χ1) is 25.3. The Balaban J connectivity index is 1.12. The summed E-state index contributed by atoms with van der Waals surface area (Å²) in [7, 11) is 0. The minimum Gasteiger partial charge on any atom is -0.309 e. The van der Waals surface area contributed by atoms with Crippen LogP contribution in [0.3, 0.4) is 0 Å². The SMILES string of the molecule is c1cc(-c2cccc(-n3c4ccccc4c4c(-n5c6ccccc6c6ccccc65)cccc43)n2)nc(-n2c3ccccc3c3ccccc32)c1. The van der Waals surface area contributed by atoms with Crippen molar-refractivity contribution < 1.29 is 0 Å². The second kappa shape index (κ2) is 10.8. The van der Waals surface area contributed by atoms with E-state index in [9.17, 15) is 0 Å². The highest BCUT2D eigenvalue weighted by molar-refractivity contribution is 6.16. The van der Waals surface area contributed by atoms with Gasteiger partial charge in [-0.1, -0.05) is 109 Å². The van der Waals surface area contributed by atoms with E-state index in [2.05, 4.69) is 190 Å². The summed E-state index contributed by atoms with van der Waals surface area (Å²) >= 11 is 0. The number of aromatic nitrogens is 5. The van der Waals surface area contributed by atoms with Crippen molar-refractivity contribution in [2.45, 2.75) is 0 Å². The molecule has 6 aromatic carbocycles. The second-order valence-corrected chi connectivity index (χ2v) is 13.0. The van der Waals surface area contributed by atoms with Crippen LogP contribution in [0.25, 0.3) is 94.1 Å². The van der Waals surface area contributed by atoms with E-state index in [1.54, 1.807) is 0 Å². The van der Waals surface area contributed by atoms with Gasteiger partial charge < -0.3 is 4.57 Å². The Morgan fingerprint density at radius 3 is 1.12 bits per heavy atom. The van der Waals surface area contributed by atoms with Gasteiger partial charge in [0.1, 0.15) is 11.6 Å². The summed E-state index contributed by atoms with van der Waals surface area (Å²) in [5, 5.41) is 7.30. The van der Waals surface area contributed by atoms with Crippen LogP contribution in [0.4, 0.5) is 0 Å². The second-order valence-electron chi connectivity index (χ2n) is 13.0. The van der Waals surface area contributed by atoms with E-state index in [-0.39, 0.29) is 0 Å². The molecule has 5 heteroatoms. The fourth-order valence-electron chi connectivity index (χ4n) is 8.17. The molecule has 51 heavy (non-hydrogen) atoms. The van der Waals surface area contributed by atoms with Gasteiger partial charge in [0.2, 0.25) is 0 Å². The Bertz CT molecular complexity index is 3050. The molecule has 0 fully saturated rings. The fraction of sp³-hybridized carbons (Fsp3) is 0. The van der Waals surface area contributed by atoms with Crippen LogP contribution in [0.15, 0.2) is 176 Å². The van der Waals surface area contributed by atoms with Crippen LogP contribution in [0.1, 0.15) is 0 Å². The lowest BCUT2D eigenvalue weighted by Gasteiger charge is -2.12. The Hall–Kier alpha value is -6.98. The van der Waals surface area contributed by atoms with Crippen LogP contribution in [-0.4, -0.2) is 23.7 Å². The number of rotatable bonds is 4. The lowest BCUT2D eigenvalue weighted by Crippen LogP contribution is -2.01. The molecule has 0 saturated heterocycles. The summed E-state index contributed by atoms with van der Waals surface area (Å²) in [5.74, 6) is 1.71. The molecule has 0 aliphatic heterocycles. The molecule has 5 heterocycles. The number of fused-ring (bicyclic) bond motifs is 9. The van der Waals surface area contributed by atoms with E-state index in [0.29, 0.717) is 0 Å².